The van der Waals surface area contributed by atoms with E-state index in [2.05, 4.69) is 6.92 Å². The maximum atomic E-state index is 12.6. The molecular weight excluding hydrogens is 512 g/mol. The lowest BCUT2D eigenvalue weighted by Gasteiger charge is -2.42. The molecule has 230 valence electrons. The van der Waals surface area contributed by atoms with Gasteiger partial charge in [0.2, 0.25) is 0 Å². The lowest BCUT2D eigenvalue weighted by molar-refractivity contribution is -0.310. The van der Waals surface area contributed by atoms with Crippen molar-refractivity contribution in [2.45, 2.75) is 147 Å². The lowest BCUT2D eigenvalue weighted by Crippen LogP contribution is -2.62. The molecule has 0 spiro atoms. The second-order valence-electron chi connectivity index (χ2n) is 10.4. The van der Waals surface area contributed by atoms with Crippen LogP contribution in [-0.2, 0) is 28.5 Å². The van der Waals surface area contributed by atoms with Gasteiger partial charge in [0.15, 0.2) is 18.5 Å². The van der Waals surface area contributed by atoms with Crippen molar-refractivity contribution < 1.29 is 54.1 Å². The molecule has 11 heteroatoms. The van der Waals surface area contributed by atoms with Crippen LogP contribution in [0.3, 0.4) is 0 Å². The predicted octanol–water partition coefficient (Wildman–Crippen LogP) is 2.12. The van der Waals surface area contributed by atoms with Gasteiger partial charge in [-0.2, -0.15) is 0 Å². The van der Waals surface area contributed by atoms with Gasteiger partial charge in [0, 0.05) is 13.3 Å². The maximum Gasteiger partial charge on any atom is 0.306 e. The summed E-state index contributed by atoms with van der Waals surface area (Å²) < 4.78 is 21.6. The first-order chi connectivity index (χ1) is 18.7. The van der Waals surface area contributed by atoms with E-state index in [4.69, 9.17) is 24.1 Å². The van der Waals surface area contributed by atoms with Crippen molar-refractivity contribution in [2.75, 3.05) is 19.8 Å². The zero-order valence-corrected chi connectivity index (χ0v) is 23.7. The molecule has 0 amide bonds. The first kappa shape index (κ1) is 35.7. The average molecular weight is 565 g/mol. The van der Waals surface area contributed by atoms with Crippen LogP contribution in [0.4, 0.5) is 0 Å². The molecule has 39 heavy (non-hydrogen) atoms. The van der Waals surface area contributed by atoms with Crippen molar-refractivity contribution in [3.05, 3.63) is 0 Å². The van der Waals surface area contributed by atoms with Crippen LogP contribution < -0.4 is 0 Å². The Morgan fingerprint density at radius 2 is 1.33 bits per heavy atom. The van der Waals surface area contributed by atoms with Gasteiger partial charge in [-0.05, 0) is 6.42 Å². The molecule has 0 aliphatic carbocycles. The van der Waals surface area contributed by atoms with Gasteiger partial charge in [-0.15, -0.1) is 0 Å². The van der Waals surface area contributed by atoms with Gasteiger partial charge in [0.1, 0.15) is 24.4 Å². The SMILES string of the molecule is CCCCCCCCCCCCCCCC(=O)O[C@H]1[C@H](O)[C@@H](CO)O[C@@H](OC[C@@H](O)[C@@H](O)CO)[C@H]1OC(C)=O. The quantitative estimate of drug-likeness (QED) is 0.0963. The van der Waals surface area contributed by atoms with Crippen LogP contribution in [0.2, 0.25) is 0 Å². The van der Waals surface area contributed by atoms with E-state index in [9.17, 15) is 30.0 Å². The number of hydrogen-bond donors (Lipinski definition) is 5. The van der Waals surface area contributed by atoms with Gasteiger partial charge >= 0.3 is 11.9 Å². The third kappa shape index (κ3) is 14.7. The number of aliphatic hydroxyl groups is 5. The highest BCUT2D eigenvalue weighted by atomic mass is 16.7. The number of aliphatic hydroxyl groups excluding tert-OH is 5. The summed E-state index contributed by atoms with van der Waals surface area (Å²) in [6, 6.07) is 0. The molecule has 0 unspecified atom stereocenters. The Labute approximate surface area is 232 Å². The molecule has 11 nitrogen and oxygen atoms in total. The zero-order chi connectivity index (χ0) is 29.0. The molecule has 0 saturated carbocycles. The maximum absolute atomic E-state index is 12.6. The molecular formula is C28H52O11. The Morgan fingerprint density at radius 3 is 1.82 bits per heavy atom. The third-order valence-corrected chi connectivity index (χ3v) is 6.91. The van der Waals surface area contributed by atoms with Crippen molar-refractivity contribution in [3.63, 3.8) is 0 Å². The summed E-state index contributed by atoms with van der Waals surface area (Å²) in [5, 5.41) is 48.6. The fraction of sp³-hybridized carbons (Fsp3) is 0.929. The average Bonchev–Trinajstić information content (AvgIpc) is 2.91. The van der Waals surface area contributed by atoms with Crippen LogP contribution in [0.25, 0.3) is 0 Å². The van der Waals surface area contributed by atoms with Crippen molar-refractivity contribution in [1.82, 2.24) is 0 Å². The van der Waals surface area contributed by atoms with E-state index in [0.29, 0.717) is 6.42 Å². The Hall–Kier alpha value is -1.34. The minimum Gasteiger partial charge on any atom is -0.455 e. The molecule has 1 heterocycles. The number of carbonyl (C=O) groups is 2. The molecule has 1 saturated heterocycles. The topological polar surface area (TPSA) is 172 Å². The summed E-state index contributed by atoms with van der Waals surface area (Å²) in [6.45, 7) is 1.49. The minimum absolute atomic E-state index is 0.116. The van der Waals surface area contributed by atoms with Gasteiger partial charge < -0.3 is 44.5 Å². The molecule has 1 rings (SSSR count). The van der Waals surface area contributed by atoms with Gasteiger partial charge in [-0.25, -0.2) is 0 Å². The standard InChI is InChI=1S/C28H52O11/c1-3-4-5-6-7-8-9-10-11-12-13-14-15-16-24(34)39-26-25(35)23(18-30)38-28(27(26)37-20(2)31)36-19-22(33)21(32)17-29/h21-23,25-30,32-33,35H,3-19H2,1-2H3/t21-,22+,23+,25+,26-,27-,28+/m0/s1. The van der Waals surface area contributed by atoms with Crippen molar-refractivity contribution in [3.8, 4) is 0 Å². The second-order valence-corrected chi connectivity index (χ2v) is 10.4. The summed E-state index contributed by atoms with van der Waals surface area (Å²) in [7, 11) is 0. The number of rotatable bonds is 22. The molecule has 0 aromatic rings. The van der Waals surface area contributed by atoms with Crippen LogP contribution in [-0.4, -0.2) is 100 Å². The minimum atomic E-state index is -1.50. The van der Waals surface area contributed by atoms with Crippen molar-refractivity contribution in [1.29, 1.82) is 0 Å². The zero-order valence-electron chi connectivity index (χ0n) is 23.7. The number of hydrogen-bond acceptors (Lipinski definition) is 11. The van der Waals surface area contributed by atoms with E-state index in [1.165, 1.54) is 57.8 Å². The Balaban J connectivity index is 2.47. The summed E-state index contributed by atoms with van der Waals surface area (Å²) in [6.07, 6.45) is 5.50. The molecule has 1 aliphatic heterocycles. The van der Waals surface area contributed by atoms with E-state index in [1.54, 1.807) is 0 Å². The number of esters is 2. The Morgan fingerprint density at radius 1 is 0.795 bits per heavy atom. The van der Waals surface area contributed by atoms with Crippen LogP contribution in [0.15, 0.2) is 0 Å². The fourth-order valence-electron chi connectivity index (χ4n) is 4.55. The fourth-order valence-corrected chi connectivity index (χ4v) is 4.55. The first-order valence-electron chi connectivity index (χ1n) is 14.6. The van der Waals surface area contributed by atoms with Gasteiger partial charge in [-0.3, -0.25) is 9.59 Å². The highest BCUT2D eigenvalue weighted by molar-refractivity contribution is 5.70. The highest BCUT2D eigenvalue weighted by Gasteiger charge is 2.50. The van der Waals surface area contributed by atoms with Crippen LogP contribution >= 0.6 is 0 Å². The van der Waals surface area contributed by atoms with E-state index >= 15 is 0 Å². The summed E-state index contributed by atoms with van der Waals surface area (Å²) >= 11 is 0. The molecule has 0 radical (unpaired) electrons. The van der Waals surface area contributed by atoms with Gasteiger partial charge in [-0.1, -0.05) is 84.0 Å². The summed E-state index contributed by atoms with van der Waals surface area (Å²) in [5.74, 6) is -1.34. The molecule has 5 N–H and O–H groups in total. The Kier molecular flexibility index (Phi) is 19.6. The van der Waals surface area contributed by atoms with Crippen molar-refractivity contribution in [2.24, 2.45) is 0 Å². The molecule has 1 aliphatic rings. The van der Waals surface area contributed by atoms with E-state index in [0.717, 1.165) is 26.2 Å². The largest absolute Gasteiger partial charge is 0.455 e. The second kappa shape index (κ2) is 21.4. The molecule has 0 aromatic carbocycles. The molecule has 0 bridgehead atoms. The number of unbranched alkanes of at least 4 members (excludes halogenated alkanes) is 12. The molecule has 7 atom stereocenters. The number of ether oxygens (including phenoxy) is 4. The van der Waals surface area contributed by atoms with Crippen molar-refractivity contribution >= 4 is 11.9 Å². The van der Waals surface area contributed by atoms with E-state index < -0.39 is 74.7 Å². The lowest BCUT2D eigenvalue weighted by atomic mass is 9.98. The molecule has 1 fully saturated rings. The van der Waals surface area contributed by atoms with Crippen LogP contribution in [0.1, 0.15) is 104 Å². The van der Waals surface area contributed by atoms with E-state index in [1.807, 2.05) is 0 Å². The highest BCUT2D eigenvalue weighted by Crippen LogP contribution is 2.28. The van der Waals surface area contributed by atoms with E-state index in [-0.39, 0.29) is 6.42 Å². The predicted molar refractivity (Wildman–Crippen MR) is 143 cm³/mol. The normalized spacial score (nSPS) is 24.7. The molecule has 0 aromatic heterocycles. The Bertz CT molecular complexity index is 647. The van der Waals surface area contributed by atoms with Gasteiger partial charge in [0.25, 0.3) is 0 Å². The first-order valence-corrected chi connectivity index (χ1v) is 14.6. The van der Waals surface area contributed by atoms with Gasteiger partial charge in [0.05, 0.1) is 19.8 Å². The smallest absolute Gasteiger partial charge is 0.306 e. The third-order valence-electron chi connectivity index (χ3n) is 6.91. The van der Waals surface area contributed by atoms with Crippen LogP contribution in [0.5, 0.6) is 0 Å². The summed E-state index contributed by atoms with van der Waals surface area (Å²) in [5.41, 5.74) is 0. The number of carbonyl (C=O) groups excluding carboxylic acids is 2. The van der Waals surface area contributed by atoms with Crippen LogP contribution in [0, 0.1) is 0 Å². The monoisotopic (exact) mass is 564 g/mol. The summed E-state index contributed by atoms with van der Waals surface area (Å²) in [4.78, 5) is 24.3.